The molecule has 3 amide bonds. The number of benzene rings is 1. The van der Waals surface area contributed by atoms with Crippen molar-refractivity contribution in [1.82, 2.24) is 15.2 Å². The van der Waals surface area contributed by atoms with Crippen molar-refractivity contribution in [2.24, 2.45) is 10.5 Å². The van der Waals surface area contributed by atoms with Crippen LogP contribution in [0.3, 0.4) is 0 Å². The Kier molecular flexibility index (Phi) is 5.25. The molecule has 0 unspecified atom stereocenters. The maximum atomic E-state index is 13.4. The molecule has 0 aromatic heterocycles. The van der Waals surface area contributed by atoms with Gasteiger partial charge in [-0.15, -0.1) is 0 Å². The maximum Gasteiger partial charge on any atom is 0.270 e. The van der Waals surface area contributed by atoms with Gasteiger partial charge in [-0.2, -0.15) is 5.10 Å². The van der Waals surface area contributed by atoms with E-state index in [0.29, 0.717) is 38.2 Å². The van der Waals surface area contributed by atoms with Gasteiger partial charge >= 0.3 is 0 Å². The molecule has 0 aliphatic carbocycles. The largest absolute Gasteiger partial charge is 0.497 e. The Morgan fingerprint density at radius 2 is 2.10 bits per heavy atom. The predicted molar refractivity (Wildman–Crippen MR) is 106 cm³/mol. The zero-order valence-electron chi connectivity index (χ0n) is 16.6. The third kappa shape index (κ3) is 3.83. The van der Waals surface area contributed by atoms with E-state index in [2.05, 4.69) is 10.5 Å². The zero-order chi connectivity index (χ0) is 20.4. The van der Waals surface area contributed by atoms with Crippen LogP contribution in [0.15, 0.2) is 29.4 Å². The zero-order valence-corrected chi connectivity index (χ0v) is 16.6. The quantitative estimate of drug-likeness (QED) is 0.828. The standard InChI is InChI=1S/C21H26N4O4/c1-29-16-5-2-4-15(12-16)13-24-10-3-8-21(20(24)28)9-11-25(14-21)19(27)17-6-7-18(26)23-22-17/h2,4-5,12H,3,6-11,13-14H2,1H3,(H,23,26)/t21-/m1/s1. The predicted octanol–water partition coefficient (Wildman–Crippen LogP) is 1.30. The topological polar surface area (TPSA) is 91.3 Å². The highest BCUT2D eigenvalue weighted by atomic mass is 16.5. The third-order valence-corrected chi connectivity index (χ3v) is 6.12. The minimum Gasteiger partial charge on any atom is -0.497 e. The van der Waals surface area contributed by atoms with Crippen LogP contribution in [0.25, 0.3) is 0 Å². The first kappa shape index (κ1) is 19.4. The van der Waals surface area contributed by atoms with Crippen molar-refractivity contribution in [3.63, 3.8) is 0 Å². The Labute approximate surface area is 169 Å². The molecular weight excluding hydrogens is 372 g/mol. The highest BCUT2D eigenvalue weighted by molar-refractivity contribution is 6.39. The van der Waals surface area contributed by atoms with Gasteiger partial charge in [0.05, 0.1) is 12.5 Å². The number of likely N-dealkylation sites (tertiary alicyclic amines) is 2. The number of hydrogen-bond acceptors (Lipinski definition) is 5. The number of carbonyl (C=O) groups excluding carboxylic acids is 3. The number of nitrogens with zero attached hydrogens (tertiary/aromatic N) is 3. The summed E-state index contributed by atoms with van der Waals surface area (Å²) in [6, 6.07) is 7.77. The number of hydrogen-bond donors (Lipinski definition) is 1. The van der Waals surface area contributed by atoms with Gasteiger partial charge in [-0.1, -0.05) is 12.1 Å². The normalized spacial score (nSPS) is 24.5. The molecule has 29 heavy (non-hydrogen) atoms. The van der Waals surface area contributed by atoms with E-state index < -0.39 is 5.41 Å². The van der Waals surface area contributed by atoms with Crippen LogP contribution in [-0.4, -0.2) is 60.0 Å². The van der Waals surface area contributed by atoms with Gasteiger partial charge in [-0.25, -0.2) is 5.43 Å². The van der Waals surface area contributed by atoms with Crippen LogP contribution >= 0.6 is 0 Å². The molecule has 8 heteroatoms. The Bertz CT molecular complexity index is 868. The second-order valence-corrected chi connectivity index (χ2v) is 8.03. The number of methoxy groups -OCH3 is 1. The summed E-state index contributed by atoms with van der Waals surface area (Å²) in [4.78, 5) is 41.0. The van der Waals surface area contributed by atoms with Crippen molar-refractivity contribution in [2.75, 3.05) is 26.7 Å². The second kappa shape index (κ2) is 7.85. The number of ether oxygens (including phenoxy) is 1. The molecule has 3 aliphatic rings. The molecule has 4 rings (SSSR count). The molecule has 1 spiro atoms. The van der Waals surface area contributed by atoms with Crippen LogP contribution in [0, 0.1) is 5.41 Å². The molecule has 0 saturated carbocycles. The smallest absolute Gasteiger partial charge is 0.270 e. The molecular formula is C21H26N4O4. The van der Waals surface area contributed by atoms with E-state index in [9.17, 15) is 14.4 Å². The fourth-order valence-electron chi connectivity index (χ4n) is 4.53. The average molecular weight is 398 g/mol. The third-order valence-electron chi connectivity index (χ3n) is 6.12. The summed E-state index contributed by atoms with van der Waals surface area (Å²) in [7, 11) is 1.63. The Morgan fingerprint density at radius 3 is 2.86 bits per heavy atom. The van der Waals surface area contributed by atoms with Gasteiger partial charge in [-0.3, -0.25) is 14.4 Å². The van der Waals surface area contributed by atoms with E-state index in [1.165, 1.54) is 0 Å². The minimum atomic E-state index is -0.509. The van der Waals surface area contributed by atoms with Crippen molar-refractivity contribution >= 4 is 23.4 Å². The molecule has 154 valence electrons. The van der Waals surface area contributed by atoms with E-state index in [0.717, 1.165) is 30.7 Å². The monoisotopic (exact) mass is 398 g/mol. The van der Waals surface area contributed by atoms with Gasteiger partial charge in [0.15, 0.2) is 0 Å². The lowest BCUT2D eigenvalue weighted by molar-refractivity contribution is -0.146. The molecule has 1 aromatic carbocycles. The van der Waals surface area contributed by atoms with Gasteiger partial charge in [0.25, 0.3) is 5.91 Å². The SMILES string of the molecule is COc1cccc(CN2CCC[C@]3(CCN(C(=O)C4=NNC(=O)CC4)C3)C2=O)c1. The number of rotatable bonds is 4. The molecule has 1 atom stereocenters. The molecule has 2 fully saturated rings. The number of piperidine rings is 1. The van der Waals surface area contributed by atoms with Crippen LogP contribution < -0.4 is 10.2 Å². The van der Waals surface area contributed by atoms with Crippen LogP contribution in [0.5, 0.6) is 5.75 Å². The van der Waals surface area contributed by atoms with Gasteiger partial charge in [-0.05, 0) is 37.0 Å². The van der Waals surface area contributed by atoms with Crippen molar-refractivity contribution in [1.29, 1.82) is 0 Å². The Balaban J connectivity index is 1.44. The second-order valence-electron chi connectivity index (χ2n) is 8.03. The van der Waals surface area contributed by atoms with Crippen LogP contribution in [0.2, 0.25) is 0 Å². The number of carbonyl (C=O) groups is 3. The van der Waals surface area contributed by atoms with Gasteiger partial charge in [0.1, 0.15) is 11.5 Å². The molecule has 2 saturated heterocycles. The van der Waals surface area contributed by atoms with E-state index in [-0.39, 0.29) is 24.1 Å². The van der Waals surface area contributed by atoms with Crippen molar-refractivity contribution in [2.45, 2.75) is 38.6 Å². The lowest BCUT2D eigenvalue weighted by atomic mass is 9.78. The first-order valence-corrected chi connectivity index (χ1v) is 10.1. The summed E-state index contributed by atoms with van der Waals surface area (Å²) < 4.78 is 5.28. The maximum absolute atomic E-state index is 13.4. The van der Waals surface area contributed by atoms with Crippen molar-refractivity contribution < 1.29 is 19.1 Å². The fraction of sp³-hybridized carbons (Fsp3) is 0.524. The molecule has 1 aromatic rings. The summed E-state index contributed by atoms with van der Waals surface area (Å²) in [5.41, 5.74) is 3.28. The summed E-state index contributed by atoms with van der Waals surface area (Å²) in [6.07, 6.45) is 3.02. The summed E-state index contributed by atoms with van der Waals surface area (Å²) in [6.45, 7) is 2.24. The summed E-state index contributed by atoms with van der Waals surface area (Å²) in [5.74, 6) is 0.565. The molecule has 0 bridgehead atoms. The van der Waals surface area contributed by atoms with Crippen LogP contribution in [-0.2, 0) is 20.9 Å². The first-order valence-electron chi connectivity index (χ1n) is 10.1. The van der Waals surface area contributed by atoms with Crippen LogP contribution in [0.4, 0.5) is 0 Å². The first-order chi connectivity index (χ1) is 14.0. The average Bonchev–Trinajstić information content (AvgIpc) is 3.17. The lowest BCUT2D eigenvalue weighted by Gasteiger charge is -2.39. The van der Waals surface area contributed by atoms with E-state index in [1.807, 2.05) is 29.2 Å². The minimum absolute atomic E-state index is 0.126. The van der Waals surface area contributed by atoms with Gasteiger partial charge < -0.3 is 14.5 Å². The van der Waals surface area contributed by atoms with Crippen molar-refractivity contribution in [3.8, 4) is 5.75 Å². The van der Waals surface area contributed by atoms with E-state index in [1.54, 1.807) is 12.0 Å². The van der Waals surface area contributed by atoms with Crippen LogP contribution in [0.1, 0.15) is 37.7 Å². The number of nitrogens with one attached hydrogen (secondary N) is 1. The Hall–Kier alpha value is -2.90. The van der Waals surface area contributed by atoms with Gasteiger partial charge in [0.2, 0.25) is 11.8 Å². The molecule has 3 heterocycles. The van der Waals surface area contributed by atoms with Gasteiger partial charge in [0, 0.05) is 39.0 Å². The Morgan fingerprint density at radius 1 is 1.24 bits per heavy atom. The molecule has 1 N–H and O–H groups in total. The van der Waals surface area contributed by atoms with Crippen molar-refractivity contribution in [3.05, 3.63) is 29.8 Å². The summed E-state index contributed by atoms with van der Waals surface area (Å²) in [5, 5.41) is 3.91. The number of amides is 3. The van der Waals surface area contributed by atoms with E-state index >= 15 is 0 Å². The lowest BCUT2D eigenvalue weighted by Crippen LogP contribution is -2.50. The molecule has 3 aliphatic heterocycles. The number of hydrazone groups is 1. The molecule has 8 nitrogen and oxygen atoms in total. The highest BCUT2D eigenvalue weighted by Crippen LogP contribution is 2.40. The summed E-state index contributed by atoms with van der Waals surface area (Å²) >= 11 is 0. The van der Waals surface area contributed by atoms with E-state index in [4.69, 9.17) is 4.74 Å². The molecule has 0 radical (unpaired) electrons. The highest BCUT2D eigenvalue weighted by Gasteiger charge is 2.49. The fourth-order valence-corrected chi connectivity index (χ4v) is 4.53.